The van der Waals surface area contributed by atoms with Crippen LogP contribution in [-0.4, -0.2) is 52.5 Å². The number of hydrogen-bond acceptors (Lipinski definition) is 5. The van der Waals surface area contributed by atoms with Crippen LogP contribution in [0.4, 0.5) is 0 Å². The van der Waals surface area contributed by atoms with Crippen LogP contribution in [0.25, 0.3) is 0 Å². The zero-order valence-electron chi connectivity index (χ0n) is 19.1. The van der Waals surface area contributed by atoms with Crippen LogP contribution in [0.3, 0.4) is 0 Å². The van der Waals surface area contributed by atoms with E-state index in [9.17, 15) is 19.5 Å². The molecular formula is C25H30N2O5. The number of ether oxygens (including phenoxy) is 1. The molecule has 1 aliphatic heterocycles. The lowest BCUT2D eigenvalue weighted by molar-refractivity contribution is -0.221. The third-order valence-corrected chi connectivity index (χ3v) is 6.15. The molecule has 2 aromatic carbocycles. The highest BCUT2D eigenvalue weighted by molar-refractivity contribution is 5.99. The van der Waals surface area contributed by atoms with E-state index in [0.29, 0.717) is 5.56 Å². The van der Waals surface area contributed by atoms with Gasteiger partial charge in [0, 0.05) is 18.0 Å². The van der Waals surface area contributed by atoms with Gasteiger partial charge in [0.15, 0.2) is 5.60 Å². The van der Waals surface area contributed by atoms with E-state index in [2.05, 4.69) is 5.32 Å². The van der Waals surface area contributed by atoms with Gasteiger partial charge >= 0.3 is 5.97 Å². The van der Waals surface area contributed by atoms with E-state index in [1.807, 2.05) is 44.2 Å². The predicted molar refractivity (Wildman–Crippen MR) is 120 cm³/mol. The third kappa shape index (κ3) is 3.88. The molecule has 0 aromatic heterocycles. The van der Waals surface area contributed by atoms with Gasteiger partial charge in [-0.05, 0) is 51.0 Å². The lowest BCUT2D eigenvalue weighted by Crippen LogP contribution is -2.79. The molecule has 32 heavy (non-hydrogen) atoms. The molecule has 2 atom stereocenters. The lowest BCUT2D eigenvalue weighted by Gasteiger charge is -2.61. The Hall–Kier alpha value is -3.19. The number of carbonyl (C=O) groups excluding carboxylic acids is 3. The predicted octanol–water partition coefficient (Wildman–Crippen LogP) is 2.42. The number of aliphatic hydroxyl groups is 1. The van der Waals surface area contributed by atoms with Gasteiger partial charge in [-0.25, -0.2) is 4.79 Å². The zero-order valence-corrected chi connectivity index (χ0v) is 19.1. The quantitative estimate of drug-likeness (QED) is 0.511. The van der Waals surface area contributed by atoms with Crippen LogP contribution in [-0.2, 0) is 26.3 Å². The van der Waals surface area contributed by atoms with Gasteiger partial charge in [0.25, 0.3) is 11.8 Å². The lowest BCUT2D eigenvalue weighted by atomic mass is 9.66. The Morgan fingerprint density at radius 2 is 1.75 bits per heavy atom. The summed E-state index contributed by atoms with van der Waals surface area (Å²) in [6.45, 7) is 7.38. The van der Waals surface area contributed by atoms with Crippen molar-refractivity contribution in [3.8, 4) is 0 Å². The molecule has 2 amide bonds. The highest BCUT2D eigenvalue weighted by atomic mass is 16.5. The topological polar surface area (TPSA) is 95.9 Å². The molecule has 0 aliphatic carbocycles. The number of methoxy groups -OCH3 is 1. The number of hydrogen-bond donors (Lipinski definition) is 2. The monoisotopic (exact) mass is 438 g/mol. The Morgan fingerprint density at radius 3 is 2.31 bits per heavy atom. The van der Waals surface area contributed by atoms with E-state index < -0.39 is 35.0 Å². The number of amides is 2. The normalized spacial score (nSPS) is 20.5. The molecule has 170 valence electrons. The van der Waals surface area contributed by atoms with E-state index >= 15 is 0 Å². The van der Waals surface area contributed by atoms with Crippen LogP contribution >= 0.6 is 0 Å². The van der Waals surface area contributed by atoms with Gasteiger partial charge in [-0.15, -0.1) is 0 Å². The first-order chi connectivity index (χ1) is 15.0. The minimum atomic E-state index is -1.74. The molecule has 2 aromatic rings. The van der Waals surface area contributed by atoms with Crippen LogP contribution in [0.1, 0.15) is 49.2 Å². The average Bonchev–Trinajstić information content (AvgIpc) is 2.77. The zero-order chi connectivity index (χ0) is 23.7. The molecule has 0 bridgehead atoms. The van der Waals surface area contributed by atoms with Gasteiger partial charge in [0.2, 0.25) is 0 Å². The minimum Gasteiger partial charge on any atom is -0.467 e. The van der Waals surface area contributed by atoms with E-state index in [-0.39, 0.29) is 18.0 Å². The van der Waals surface area contributed by atoms with Crippen molar-refractivity contribution < 1.29 is 24.2 Å². The summed E-state index contributed by atoms with van der Waals surface area (Å²) in [6, 6.07) is 14.7. The van der Waals surface area contributed by atoms with Crippen molar-refractivity contribution in [2.45, 2.75) is 57.3 Å². The van der Waals surface area contributed by atoms with Crippen molar-refractivity contribution in [3.63, 3.8) is 0 Å². The van der Waals surface area contributed by atoms with Gasteiger partial charge in [0.1, 0.15) is 6.04 Å². The minimum absolute atomic E-state index is 0.0666. The van der Waals surface area contributed by atoms with E-state index in [4.69, 9.17) is 4.74 Å². The first-order valence-corrected chi connectivity index (χ1v) is 10.6. The molecule has 1 heterocycles. The Labute approximate surface area is 188 Å². The van der Waals surface area contributed by atoms with Crippen LogP contribution < -0.4 is 5.32 Å². The van der Waals surface area contributed by atoms with Crippen LogP contribution in [0.2, 0.25) is 0 Å². The number of rotatable bonds is 7. The van der Waals surface area contributed by atoms with Gasteiger partial charge in [-0.1, -0.05) is 42.5 Å². The smallest absolute Gasteiger partial charge is 0.328 e. The number of likely N-dealkylation sites (tertiary alicyclic amines) is 1. The summed E-state index contributed by atoms with van der Waals surface area (Å²) in [6.07, 6.45) is 0.276. The number of nitrogens with zero attached hydrogens (tertiary/aromatic N) is 1. The number of carbonyl (C=O) groups is 3. The maximum absolute atomic E-state index is 13.0. The second-order valence-corrected chi connectivity index (χ2v) is 8.86. The van der Waals surface area contributed by atoms with Gasteiger partial charge in [-0.3, -0.25) is 9.59 Å². The molecule has 7 heteroatoms. The maximum atomic E-state index is 13.0. The van der Waals surface area contributed by atoms with Crippen LogP contribution in [0.15, 0.2) is 54.6 Å². The molecule has 1 unspecified atom stereocenters. The van der Waals surface area contributed by atoms with Crippen LogP contribution in [0.5, 0.6) is 0 Å². The van der Waals surface area contributed by atoms with Crippen molar-refractivity contribution >= 4 is 17.8 Å². The Kier molecular flexibility index (Phi) is 6.41. The highest BCUT2D eigenvalue weighted by Gasteiger charge is 2.67. The molecule has 2 N–H and O–H groups in total. The van der Waals surface area contributed by atoms with Crippen molar-refractivity contribution in [1.29, 1.82) is 0 Å². The molecule has 0 spiro atoms. The molecule has 0 radical (unpaired) electrons. The molecule has 1 aliphatic rings. The summed E-state index contributed by atoms with van der Waals surface area (Å²) in [4.78, 5) is 39.7. The van der Waals surface area contributed by atoms with E-state index in [0.717, 1.165) is 5.56 Å². The largest absolute Gasteiger partial charge is 0.467 e. The maximum Gasteiger partial charge on any atom is 0.328 e. The van der Waals surface area contributed by atoms with E-state index in [1.54, 1.807) is 36.9 Å². The first-order valence-electron chi connectivity index (χ1n) is 10.6. The second kappa shape index (κ2) is 8.74. The average molecular weight is 439 g/mol. The molecule has 1 saturated heterocycles. The van der Waals surface area contributed by atoms with Crippen molar-refractivity contribution in [2.75, 3.05) is 7.11 Å². The van der Waals surface area contributed by atoms with Gasteiger partial charge in [-0.2, -0.15) is 0 Å². The highest BCUT2D eigenvalue weighted by Crippen LogP contribution is 2.49. The van der Waals surface area contributed by atoms with Gasteiger partial charge in [0.05, 0.1) is 12.6 Å². The molecular weight excluding hydrogens is 408 g/mol. The fourth-order valence-electron chi connectivity index (χ4n) is 4.48. The van der Waals surface area contributed by atoms with E-state index in [1.165, 1.54) is 13.2 Å². The summed E-state index contributed by atoms with van der Waals surface area (Å²) < 4.78 is 4.86. The Morgan fingerprint density at radius 1 is 1.09 bits per heavy atom. The standard InChI is InChI=1S/C25H30N2O5/c1-16(2)27-23(30)25(31,24(27,3)4)19-13-9-12-18(15-19)21(28)26-20(22(29)32-5)14-17-10-7-6-8-11-17/h6-13,15-16,20,31H,14H2,1-5H3,(H,26,28)/t20-,25?/m0/s1. The Bertz CT molecular complexity index is 1020. The number of esters is 1. The SMILES string of the molecule is COC(=O)[C@H](Cc1ccccc1)NC(=O)c1cccc(C2(O)C(=O)N(C(C)C)C2(C)C)c1. The fourth-order valence-corrected chi connectivity index (χ4v) is 4.48. The summed E-state index contributed by atoms with van der Waals surface area (Å²) in [5, 5.41) is 14.0. The van der Waals surface area contributed by atoms with Crippen molar-refractivity contribution in [1.82, 2.24) is 10.2 Å². The summed E-state index contributed by atoms with van der Waals surface area (Å²) in [5.41, 5.74) is -1.12. The molecule has 1 fully saturated rings. The van der Waals surface area contributed by atoms with Gasteiger partial charge < -0.3 is 20.1 Å². The van der Waals surface area contributed by atoms with Crippen molar-refractivity contribution in [3.05, 3.63) is 71.3 Å². The molecule has 7 nitrogen and oxygen atoms in total. The molecule has 0 saturated carbocycles. The first kappa shape index (κ1) is 23.5. The summed E-state index contributed by atoms with van der Waals surface area (Å²) in [7, 11) is 1.27. The van der Waals surface area contributed by atoms with Crippen molar-refractivity contribution in [2.24, 2.45) is 0 Å². The molecule has 3 rings (SSSR count). The number of β-lactam (4-membered cyclic amide) rings is 1. The second-order valence-electron chi connectivity index (χ2n) is 8.86. The third-order valence-electron chi connectivity index (χ3n) is 6.15. The summed E-state index contributed by atoms with van der Waals surface area (Å²) >= 11 is 0. The van der Waals surface area contributed by atoms with Crippen LogP contribution in [0, 0.1) is 0 Å². The summed E-state index contributed by atoms with van der Waals surface area (Å²) in [5.74, 6) is -1.45. The number of nitrogens with one attached hydrogen (secondary N) is 1. The number of benzene rings is 2. The Balaban J connectivity index is 1.85. The fraction of sp³-hybridized carbons (Fsp3) is 0.400.